The molecule has 0 atom stereocenters. The summed E-state index contributed by atoms with van der Waals surface area (Å²) in [4.78, 5) is 15.4. The molecule has 2 N–H and O–H groups in total. The number of nitrogens with zero attached hydrogens (tertiary/aromatic N) is 2. The molecule has 0 bridgehead atoms. The lowest BCUT2D eigenvalue weighted by Crippen LogP contribution is -2.08. The Morgan fingerprint density at radius 1 is 1.50 bits per heavy atom. The number of hydrogen-bond acceptors (Lipinski definition) is 4. The minimum absolute atomic E-state index is 0.355. The van der Waals surface area contributed by atoms with E-state index < -0.39 is 5.97 Å². The minimum atomic E-state index is -0.445. The molecule has 1 aromatic carbocycles. The van der Waals surface area contributed by atoms with Crippen molar-refractivity contribution in [1.29, 1.82) is 0 Å². The number of para-hydroxylation sites is 1. The first-order chi connectivity index (χ1) is 7.74. The molecule has 82 valence electrons. The van der Waals surface area contributed by atoms with E-state index in [2.05, 4.69) is 9.72 Å². The molecule has 5 heteroatoms. The molecule has 0 saturated carbocycles. The van der Waals surface area contributed by atoms with Crippen molar-refractivity contribution in [2.24, 2.45) is 0 Å². The fraction of sp³-hybridized carbons (Fsp3) is 0.0909. The van der Waals surface area contributed by atoms with Gasteiger partial charge in [0, 0.05) is 12.4 Å². The molecule has 1 heterocycles. The van der Waals surface area contributed by atoms with Gasteiger partial charge in [0.15, 0.2) is 0 Å². The summed E-state index contributed by atoms with van der Waals surface area (Å²) in [6.07, 6.45) is 5.02. The molecule has 0 aliphatic rings. The number of benzene rings is 1. The van der Waals surface area contributed by atoms with Crippen molar-refractivity contribution >= 4 is 11.7 Å². The van der Waals surface area contributed by atoms with Crippen molar-refractivity contribution in [3.8, 4) is 5.69 Å². The van der Waals surface area contributed by atoms with Gasteiger partial charge >= 0.3 is 5.97 Å². The third-order valence-electron chi connectivity index (χ3n) is 2.27. The average Bonchev–Trinajstić information content (AvgIpc) is 2.82. The zero-order valence-corrected chi connectivity index (χ0v) is 8.75. The van der Waals surface area contributed by atoms with E-state index in [1.165, 1.54) is 7.11 Å². The van der Waals surface area contributed by atoms with Crippen LogP contribution in [0.1, 0.15) is 10.4 Å². The number of imidazole rings is 1. The van der Waals surface area contributed by atoms with E-state index in [4.69, 9.17) is 5.73 Å². The second-order valence-corrected chi connectivity index (χ2v) is 3.20. The lowest BCUT2D eigenvalue weighted by atomic mass is 10.1. The van der Waals surface area contributed by atoms with Crippen LogP contribution in [-0.4, -0.2) is 22.6 Å². The van der Waals surface area contributed by atoms with Gasteiger partial charge in [-0.25, -0.2) is 9.78 Å². The number of nitrogen functional groups attached to an aromatic ring is 1. The molecule has 0 aliphatic carbocycles. The summed E-state index contributed by atoms with van der Waals surface area (Å²) in [7, 11) is 1.33. The van der Waals surface area contributed by atoms with Crippen LogP contribution in [0.4, 0.5) is 5.69 Å². The van der Waals surface area contributed by atoms with Crippen LogP contribution in [0.5, 0.6) is 0 Å². The SMILES string of the molecule is COC(=O)c1cccc(-n2ccnc2)c1N. The maximum atomic E-state index is 11.4. The van der Waals surface area contributed by atoms with Crippen LogP contribution in [0, 0.1) is 0 Å². The molecule has 1 aromatic heterocycles. The molecule has 0 amide bonds. The van der Waals surface area contributed by atoms with Crippen LogP contribution in [-0.2, 0) is 4.74 Å². The number of hydrogen-bond donors (Lipinski definition) is 1. The van der Waals surface area contributed by atoms with E-state index in [9.17, 15) is 4.79 Å². The molecule has 0 saturated heterocycles. The van der Waals surface area contributed by atoms with Gasteiger partial charge in [0.2, 0.25) is 0 Å². The minimum Gasteiger partial charge on any atom is -0.465 e. The Bertz CT molecular complexity index is 506. The maximum Gasteiger partial charge on any atom is 0.340 e. The Morgan fingerprint density at radius 2 is 2.31 bits per heavy atom. The maximum absolute atomic E-state index is 11.4. The van der Waals surface area contributed by atoms with Crippen molar-refractivity contribution in [1.82, 2.24) is 9.55 Å². The van der Waals surface area contributed by atoms with Gasteiger partial charge in [-0.1, -0.05) is 6.07 Å². The standard InChI is InChI=1S/C11H11N3O2/c1-16-11(15)8-3-2-4-9(10(8)12)14-6-5-13-7-14/h2-7H,12H2,1H3. The molecular weight excluding hydrogens is 206 g/mol. The number of nitrogens with two attached hydrogens (primary N) is 1. The summed E-state index contributed by atoms with van der Waals surface area (Å²) >= 11 is 0. The van der Waals surface area contributed by atoms with Crippen LogP contribution in [0.15, 0.2) is 36.9 Å². The second kappa shape index (κ2) is 4.06. The van der Waals surface area contributed by atoms with Gasteiger partial charge in [0.1, 0.15) is 0 Å². The zero-order valence-electron chi connectivity index (χ0n) is 8.75. The quantitative estimate of drug-likeness (QED) is 0.607. The highest BCUT2D eigenvalue weighted by molar-refractivity contribution is 5.97. The lowest BCUT2D eigenvalue weighted by molar-refractivity contribution is 0.0602. The van der Waals surface area contributed by atoms with Gasteiger partial charge in [-0.05, 0) is 12.1 Å². The first kappa shape index (κ1) is 10.2. The van der Waals surface area contributed by atoms with Gasteiger partial charge < -0.3 is 15.0 Å². The molecule has 0 unspecified atom stereocenters. The van der Waals surface area contributed by atoms with Crippen LogP contribution in [0.25, 0.3) is 5.69 Å². The Morgan fingerprint density at radius 3 is 2.94 bits per heavy atom. The Kier molecular flexibility index (Phi) is 2.59. The average molecular weight is 217 g/mol. The fourth-order valence-corrected chi connectivity index (χ4v) is 1.47. The third kappa shape index (κ3) is 1.63. The number of ether oxygens (including phenoxy) is 1. The van der Waals surface area contributed by atoms with Crippen molar-refractivity contribution in [3.63, 3.8) is 0 Å². The number of carbonyl (C=O) groups is 1. The van der Waals surface area contributed by atoms with Crippen molar-refractivity contribution in [2.45, 2.75) is 0 Å². The molecule has 0 aliphatic heterocycles. The Balaban J connectivity index is 2.53. The van der Waals surface area contributed by atoms with Crippen LogP contribution >= 0.6 is 0 Å². The smallest absolute Gasteiger partial charge is 0.340 e. The largest absolute Gasteiger partial charge is 0.465 e. The monoisotopic (exact) mass is 217 g/mol. The Labute approximate surface area is 92.5 Å². The lowest BCUT2D eigenvalue weighted by Gasteiger charge is -2.09. The molecule has 0 fully saturated rings. The number of rotatable bonds is 2. The molecule has 0 radical (unpaired) electrons. The van der Waals surface area contributed by atoms with Crippen LogP contribution in [0.3, 0.4) is 0 Å². The number of methoxy groups -OCH3 is 1. The van der Waals surface area contributed by atoms with Crippen molar-refractivity contribution in [3.05, 3.63) is 42.5 Å². The Hall–Kier alpha value is -2.30. The van der Waals surface area contributed by atoms with Crippen LogP contribution < -0.4 is 5.73 Å². The van der Waals surface area contributed by atoms with Gasteiger partial charge in [0.05, 0.1) is 30.4 Å². The fourth-order valence-electron chi connectivity index (χ4n) is 1.47. The van der Waals surface area contributed by atoms with E-state index >= 15 is 0 Å². The number of esters is 1. The highest BCUT2D eigenvalue weighted by Gasteiger charge is 2.13. The van der Waals surface area contributed by atoms with Crippen LogP contribution in [0.2, 0.25) is 0 Å². The summed E-state index contributed by atoms with van der Waals surface area (Å²) in [6.45, 7) is 0. The zero-order chi connectivity index (χ0) is 11.5. The van der Waals surface area contributed by atoms with E-state index in [0.29, 0.717) is 16.9 Å². The number of aromatic nitrogens is 2. The highest BCUT2D eigenvalue weighted by atomic mass is 16.5. The molecule has 2 aromatic rings. The molecule has 0 spiro atoms. The number of carbonyl (C=O) groups excluding carboxylic acids is 1. The molecule has 2 rings (SSSR count). The van der Waals surface area contributed by atoms with Gasteiger partial charge in [-0.15, -0.1) is 0 Å². The van der Waals surface area contributed by atoms with Gasteiger partial charge in [0.25, 0.3) is 0 Å². The second-order valence-electron chi connectivity index (χ2n) is 3.20. The van der Waals surface area contributed by atoms with Crippen molar-refractivity contribution < 1.29 is 9.53 Å². The summed E-state index contributed by atoms with van der Waals surface area (Å²) in [5.74, 6) is -0.445. The molecular formula is C11H11N3O2. The van der Waals surface area contributed by atoms with Gasteiger partial charge in [-0.3, -0.25) is 0 Å². The first-order valence-electron chi connectivity index (χ1n) is 4.69. The van der Waals surface area contributed by atoms with E-state index in [1.54, 1.807) is 35.4 Å². The van der Waals surface area contributed by atoms with Crippen molar-refractivity contribution in [2.75, 3.05) is 12.8 Å². The van der Waals surface area contributed by atoms with Gasteiger partial charge in [-0.2, -0.15) is 0 Å². The topological polar surface area (TPSA) is 70.1 Å². The summed E-state index contributed by atoms with van der Waals surface area (Å²) < 4.78 is 6.38. The predicted molar refractivity (Wildman–Crippen MR) is 59.3 cm³/mol. The molecule has 5 nitrogen and oxygen atoms in total. The summed E-state index contributed by atoms with van der Waals surface area (Å²) in [6, 6.07) is 5.18. The summed E-state index contributed by atoms with van der Waals surface area (Å²) in [5.41, 5.74) is 7.35. The van der Waals surface area contributed by atoms with E-state index in [-0.39, 0.29) is 0 Å². The predicted octanol–water partition coefficient (Wildman–Crippen LogP) is 1.24. The highest BCUT2D eigenvalue weighted by Crippen LogP contribution is 2.21. The normalized spacial score (nSPS) is 10.1. The number of anilines is 1. The van der Waals surface area contributed by atoms with E-state index in [0.717, 1.165) is 0 Å². The molecule has 16 heavy (non-hydrogen) atoms. The third-order valence-corrected chi connectivity index (χ3v) is 2.27. The first-order valence-corrected chi connectivity index (χ1v) is 4.69. The summed E-state index contributed by atoms with van der Waals surface area (Å²) in [5, 5.41) is 0. The van der Waals surface area contributed by atoms with E-state index in [1.807, 2.05) is 6.07 Å².